The molecule has 0 bridgehead atoms. The number of hydrogen-bond acceptors (Lipinski definition) is 3. The molecule has 140 valence electrons. The smallest absolute Gasteiger partial charge is 0.231 e. The zero-order chi connectivity index (χ0) is 18.8. The van der Waals surface area contributed by atoms with E-state index in [4.69, 9.17) is 9.47 Å². The predicted octanol–water partition coefficient (Wildman–Crippen LogP) is 4.33. The number of benzene rings is 2. The predicted molar refractivity (Wildman–Crippen MR) is 105 cm³/mol. The minimum Gasteiger partial charge on any atom is -0.454 e. The van der Waals surface area contributed by atoms with E-state index >= 15 is 0 Å². The molecular weight excluding hydrogens is 340 g/mol. The molecule has 0 radical (unpaired) electrons. The molecule has 0 spiro atoms. The van der Waals surface area contributed by atoms with Gasteiger partial charge in [0.25, 0.3) is 0 Å². The van der Waals surface area contributed by atoms with Gasteiger partial charge in [-0.2, -0.15) is 0 Å². The van der Waals surface area contributed by atoms with Gasteiger partial charge in [-0.05, 0) is 42.7 Å². The number of para-hydroxylation sites is 1. The quantitative estimate of drug-likeness (QED) is 0.684. The highest BCUT2D eigenvalue weighted by Crippen LogP contribution is 2.39. The fourth-order valence-corrected chi connectivity index (χ4v) is 3.54. The summed E-state index contributed by atoms with van der Waals surface area (Å²) in [6.45, 7) is 4.34. The van der Waals surface area contributed by atoms with Gasteiger partial charge in [-0.1, -0.05) is 31.2 Å². The molecule has 5 nitrogen and oxygen atoms in total. The number of rotatable bonds is 6. The van der Waals surface area contributed by atoms with Crippen LogP contribution in [-0.2, 0) is 4.79 Å². The molecule has 0 saturated heterocycles. The topological polar surface area (TPSA) is 63.4 Å². The molecule has 0 aliphatic carbocycles. The lowest BCUT2D eigenvalue weighted by Crippen LogP contribution is -2.33. The second kappa shape index (κ2) is 7.35. The van der Waals surface area contributed by atoms with Crippen LogP contribution in [0, 0.1) is 0 Å². The average molecular weight is 364 g/mol. The number of fused-ring (bicyclic) bond motifs is 2. The Balaban J connectivity index is 1.72. The van der Waals surface area contributed by atoms with E-state index in [0.29, 0.717) is 6.42 Å². The van der Waals surface area contributed by atoms with Gasteiger partial charge in [-0.3, -0.25) is 4.79 Å². The summed E-state index contributed by atoms with van der Waals surface area (Å²) in [6.07, 6.45) is 3.30. The van der Waals surface area contributed by atoms with Gasteiger partial charge < -0.3 is 19.8 Å². The van der Waals surface area contributed by atoms with E-state index in [2.05, 4.69) is 29.4 Å². The van der Waals surface area contributed by atoms with E-state index in [1.165, 1.54) is 0 Å². The molecule has 2 N–H and O–H groups in total. The van der Waals surface area contributed by atoms with Crippen molar-refractivity contribution in [2.75, 3.05) is 6.79 Å². The highest BCUT2D eigenvalue weighted by atomic mass is 16.7. The normalized spacial score (nSPS) is 14.9. The third kappa shape index (κ3) is 3.50. The first-order valence-electron chi connectivity index (χ1n) is 9.40. The van der Waals surface area contributed by atoms with Gasteiger partial charge in [0.1, 0.15) is 0 Å². The van der Waals surface area contributed by atoms with Gasteiger partial charge in [0.05, 0.1) is 0 Å². The number of hydrogen-bond donors (Lipinski definition) is 2. The molecule has 5 heteroatoms. The highest BCUT2D eigenvalue weighted by molar-refractivity contribution is 5.86. The van der Waals surface area contributed by atoms with Crippen LogP contribution in [0.3, 0.4) is 0 Å². The minimum atomic E-state index is -0.0697. The van der Waals surface area contributed by atoms with Gasteiger partial charge >= 0.3 is 0 Å². The third-order valence-corrected chi connectivity index (χ3v) is 5.20. The Hall–Kier alpha value is -2.95. The summed E-state index contributed by atoms with van der Waals surface area (Å²) in [7, 11) is 0. The van der Waals surface area contributed by atoms with Gasteiger partial charge in [0.15, 0.2) is 11.5 Å². The second-order valence-electron chi connectivity index (χ2n) is 7.04. The maximum Gasteiger partial charge on any atom is 0.231 e. The van der Waals surface area contributed by atoms with Crippen molar-refractivity contribution in [3.63, 3.8) is 0 Å². The SMILES string of the molecule is CC[C@H](C)NC(=O)C[C@@H](c1ccc2c(c1)OCO2)c1c[nH]c2ccccc12. The zero-order valence-electron chi connectivity index (χ0n) is 15.6. The monoisotopic (exact) mass is 364 g/mol. The van der Waals surface area contributed by atoms with Crippen LogP contribution in [0.4, 0.5) is 0 Å². The van der Waals surface area contributed by atoms with Crippen LogP contribution in [0.15, 0.2) is 48.7 Å². The Morgan fingerprint density at radius 2 is 2.00 bits per heavy atom. The first-order valence-corrected chi connectivity index (χ1v) is 9.40. The molecule has 1 aliphatic rings. The highest BCUT2D eigenvalue weighted by Gasteiger charge is 2.24. The minimum absolute atomic E-state index is 0.0531. The molecule has 1 aliphatic heterocycles. The molecule has 1 amide bonds. The maximum atomic E-state index is 12.7. The Morgan fingerprint density at radius 3 is 2.85 bits per heavy atom. The van der Waals surface area contributed by atoms with Crippen molar-refractivity contribution in [3.8, 4) is 11.5 Å². The lowest BCUT2D eigenvalue weighted by atomic mass is 9.87. The lowest BCUT2D eigenvalue weighted by molar-refractivity contribution is -0.121. The van der Waals surface area contributed by atoms with Gasteiger partial charge in [-0.15, -0.1) is 0 Å². The van der Waals surface area contributed by atoms with Gasteiger partial charge in [-0.25, -0.2) is 0 Å². The summed E-state index contributed by atoms with van der Waals surface area (Å²) < 4.78 is 11.0. The molecule has 0 saturated carbocycles. The van der Waals surface area contributed by atoms with Crippen molar-refractivity contribution in [1.82, 2.24) is 10.3 Å². The first-order chi connectivity index (χ1) is 13.2. The van der Waals surface area contributed by atoms with E-state index in [1.807, 2.05) is 43.5 Å². The zero-order valence-corrected chi connectivity index (χ0v) is 15.6. The number of H-pyrrole nitrogens is 1. The van der Waals surface area contributed by atoms with Crippen molar-refractivity contribution in [2.45, 2.75) is 38.6 Å². The number of amides is 1. The first kappa shape index (κ1) is 17.5. The van der Waals surface area contributed by atoms with E-state index in [9.17, 15) is 4.79 Å². The molecule has 1 aromatic heterocycles. The van der Waals surface area contributed by atoms with Crippen molar-refractivity contribution >= 4 is 16.8 Å². The maximum absolute atomic E-state index is 12.7. The van der Waals surface area contributed by atoms with E-state index < -0.39 is 0 Å². The van der Waals surface area contributed by atoms with Crippen LogP contribution >= 0.6 is 0 Å². The van der Waals surface area contributed by atoms with Crippen LogP contribution in [0.5, 0.6) is 11.5 Å². The molecule has 3 aromatic rings. The summed E-state index contributed by atoms with van der Waals surface area (Å²) in [4.78, 5) is 16.0. The van der Waals surface area contributed by atoms with E-state index in [0.717, 1.165) is 39.9 Å². The molecule has 27 heavy (non-hydrogen) atoms. The van der Waals surface area contributed by atoms with Crippen LogP contribution < -0.4 is 14.8 Å². The number of aromatic nitrogens is 1. The number of aromatic amines is 1. The second-order valence-corrected chi connectivity index (χ2v) is 7.04. The number of ether oxygens (including phenoxy) is 2. The van der Waals surface area contributed by atoms with Crippen molar-refractivity contribution in [3.05, 3.63) is 59.8 Å². The standard InChI is InChI=1S/C22H24N2O3/c1-3-14(2)24-22(25)11-17(15-8-9-20-21(10-15)27-13-26-20)18-12-23-19-7-5-4-6-16(18)19/h4-10,12,14,17,23H,3,11,13H2,1-2H3,(H,24,25)/t14-,17-/m0/s1. The lowest BCUT2D eigenvalue weighted by Gasteiger charge is -2.19. The average Bonchev–Trinajstić information content (AvgIpc) is 3.32. The largest absolute Gasteiger partial charge is 0.454 e. The van der Waals surface area contributed by atoms with Gasteiger partial charge in [0.2, 0.25) is 12.7 Å². The van der Waals surface area contributed by atoms with Crippen LogP contribution in [0.2, 0.25) is 0 Å². The van der Waals surface area contributed by atoms with Crippen LogP contribution in [0.25, 0.3) is 10.9 Å². The van der Waals surface area contributed by atoms with Crippen molar-refractivity contribution < 1.29 is 14.3 Å². The Bertz CT molecular complexity index is 963. The molecule has 2 heterocycles. The molecular formula is C22H24N2O3. The number of nitrogens with one attached hydrogen (secondary N) is 2. The Kier molecular flexibility index (Phi) is 4.75. The summed E-state index contributed by atoms with van der Waals surface area (Å²) in [5, 5.41) is 4.22. The fourth-order valence-electron chi connectivity index (χ4n) is 3.54. The summed E-state index contributed by atoms with van der Waals surface area (Å²) in [5.41, 5.74) is 3.23. The summed E-state index contributed by atoms with van der Waals surface area (Å²) >= 11 is 0. The molecule has 2 aromatic carbocycles. The number of carbonyl (C=O) groups excluding carboxylic acids is 1. The molecule has 2 atom stereocenters. The Labute approximate surface area is 158 Å². The Morgan fingerprint density at radius 1 is 1.19 bits per heavy atom. The number of carbonyl (C=O) groups is 1. The van der Waals surface area contributed by atoms with E-state index in [-0.39, 0.29) is 24.7 Å². The molecule has 0 fully saturated rings. The summed E-state index contributed by atoms with van der Waals surface area (Å²) in [5.74, 6) is 1.47. The fraction of sp³-hybridized carbons (Fsp3) is 0.318. The van der Waals surface area contributed by atoms with Crippen molar-refractivity contribution in [2.24, 2.45) is 0 Å². The van der Waals surface area contributed by atoms with Gasteiger partial charge in [0, 0.05) is 35.5 Å². The third-order valence-electron chi connectivity index (χ3n) is 5.20. The van der Waals surface area contributed by atoms with Crippen LogP contribution in [0.1, 0.15) is 43.7 Å². The molecule has 4 rings (SSSR count). The van der Waals surface area contributed by atoms with E-state index in [1.54, 1.807) is 0 Å². The van der Waals surface area contributed by atoms with Crippen LogP contribution in [-0.4, -0.2) is 23.7 Å². The van der Waals surface area contributed by atoms with Crippen molar-refractivity contribution in [1.29, 1.82) is 0 Å². The molecule has 0 unspecified atom stereocenters. The summed E-state index contributed by atoms with van der Waals surface area (Å²) in [6, 6.07) is 14.3.